The van der Waals surface area contributed by atoms with Gasteiger partial charge in [-0.25, -0.2) is 4.79 Å². The van der Waals surface area contributed by atoms with Crippen LogP contribution in [0.2, 0.25) is 0 Å². The standard InChI is InChI=1S/C17H18N2O4.C6H4O/c1-11(17(22)23-3)19-14(15(16(19)21)18-12(2)20)10-9-13-7-5-4-6-8-13;1-2-5-4-6(3-1)7-5/h4-10,14-15H,1H2,2-3H3,(H,18,20);1-4H. The molecule has 1 N–H and O–H groups in total. The minimum Gasteiger partial charge on any atom is -0.464 e. The van der Waals surface area contributed by atoms with Crippen molar-refractivity contribution in [3.8, 4) is 11.5 Å². The van der Waals surface area contributed by atoms with Crippen molar-refractivity contribution in [2.24, 2.45) is 0 Å². The summed E-state index contributed by atoms with van der Waals surface area (Å²) in [6.07, 6.45) is 3.58. The van der Waals surface area contributed by atoms with Gasteiger partial charge in [0.25, 0.3) is 5.91 Å². The Morgan fingerprint density at radius 3 is 2.23 bits per heavy atom. The van der Waals surface area contributed by atoms with E-state index in [0.717, 1.165) is 17.1 Å². The van der Waals surface area contributed by atoms with Crippen LogP contribution in [0.3, 0.4) is 0 Å². The molecular formula is C23H22N2O5. The largest absolute Gasteiger partial charge is 0.464 e. The van der Waals surface area contributed by atoms with Crippen LogP contribution < -0.4 is 10.1 Å². The van der Waals surface area contributed by atoms with Crippen molar-refractivity contribution >= 4 is 23.9 Å². The summed E-state index contributed by atoms with van der Waals surface area (Å²) in [7, 11) is 1.22. The van der Waals surface area contributed by atoms with Crippen molar-refractivity contribution in [2.45, 2.75) is 19.0 Å². The van der Waals surface area contributed by atoms with Crippen LogP contribution in [0.5, 0.6) is 11.5 Å². The van der Waals surface area contributed by atoms with Crippen molar-refractivity contribution < 1.29 is 23.9 Å². The van der Waals surface area contributed by atoms with E-state index in [1.165, 1.54) is 18.9 Å². The average molecular weight is 406 g/mol. The number of hydrogen-bond acceptors (Lipinski definition) is 5. The van der Waals surface area contributed by atoms with Gasteiger partial charge in [0, 0.05) is 13.0 Å². The number of rotatable bonds is 5. The molecule has 154 valence electrons. The molecule has 0 aromatic heterocycles. The molecular weight excluding hydrogens is 384 g/mol. The van der Waals surface area contributed by atoms with Gasteiger partial charge in [-0.2, -0.15) is 0 Å². The van der Waals surface area contributed by atoms with Crippen molar-refractivity contribution in [3.05, 3.63) is 78.5 Å². The molecule has 0 spiro atoms. The fourth-order valence-corrected chi connectivity index (χ4v) is 3.06. The first kappa shape index (κ1) is 20.9. The molecule has 2 atom stereocenters. The minimum atomic E-state index is -0.714. The smallest absolute Gasteiger partial charge is 0.354 e. The van der Waals surface area contributed by atoms with Crippen LogP contribution in [0.15, 0.2) is 72.9 Å². The molecule has 7 heteroatoms. The van der Waals surface area contributed by atoms with Gasteiger partial charge in [0.1, 0.15) is 23.2 Å². The van der Waals surface area contributed by atoms with Gasteiger partial charge in [0.05, 0.1) is 13.2 Å². The van der Waals surface area contributed by atoms with Crippen molar-refractivity contribution in [3.63, 3.8) is 0 Å². The molecule has 2 aromatic rings. The third-order valence-corrected chi connectivity index (χ3v) is 4.54. The number of esters is 1. The lowest BCUT2D eigenvalue weighted by molar-refractivity contribution is -0.153. The average Bonchev–Trinajstić information content (AvgIpc) is 2.75. The fourth-order valence-electron chi connectivity index (χ4n) is 3.06. The first-order valence-corrected chi connectivity index (χ1v) is 9.29. The predicted molar refractivity (Wildman–Crippen MR) is 111 cm³/mol. The van der Waals surface area contributed by atoms with E-state index in [1.54, 1.807) is 6.08 Å². The maximum Gasteiger partial charge on any atom is 0.354 e. The SMILES string of the molecule is C=C(C(=O)OC)N1C(=O)C(NC(C)=O)C1C=Cc1ccccc1.c1cc2cc(c1)O2. The predicted octanol–water partition coefficient (Wildman–Crippen LogP) is 2.89. The first-order chi connectivity index (χ1) is 14.4. The van der Waals surface area contributed by atoms with Gasteiger partial charge in [-0.1, -0.05) is 55.1 Å². The van der Waals surface area contributed by atoms with Gasteiger partial charge in [-0.15, -0.1) is 0 Å². The third-order valence-electron chi connectivity index (χ3n) is 4.54. The number of carbonyl (C=O) groups excluding carboxylic acids is 3. The Morgan fingerprint density at radius 2 is 1.77 bits per heavy atom. The Hall–Kier alpha value is -3.87. The molecule has 1 fully saturated rings. The van der Waals surface area contributed by atoms with Crippen LogP contribution in [0.4, 0.5) is 0 Å². The van der Waals surface area contributed by atoms with Crippen LogP contribution in [-0.2, 0) is 19.1 Å². The lowest BCUT2D eigenvalue weighted by Crippen LogP contribution is -2.69. The topological polar surface area (TPSA) is 84.9 Å². The third kappa shape index (κ3) is 4.57. The summed E-state index contributed by atoms with van der Waals surface area (Å²) >= 11 is 0. The lowest BCUT2D eigenvalue weighted by Gasteiger charge is -2.45. The van der Waals surface area contributed by atoms with E-state index in [9.17, 15) is 14.4 Å². The highest BCUT2D eigenvalue weighted by Gasteiger charge is 2.49. The summed E-state index contributed by atoms with van der Waals surface area (Å²) in [6, 6.07) is 16.1. The summed E-state index contributed by atoms with van der Waals surface area (Å²) in [5, 5.41) is 2.58. The van der Waals surface area contributed by atoms with E-state index in [4.69, 9.17) is 4.74 Å². The molecule has 30 heavy (non-hydrogen) atoms. The van der Waals surface area contributed by atoms with Gasteiger partial charge in [0.15, 0.2) is 0 Å². The van der Waals surface area contributed by atoms with Gasteiger partial charge in [0.2, 0.25) is 5.91 Å². The van der Waals surface area contributed by atoms with Crippen molar-refractivity contribution in [1.29, 1.82) is 0 Å². The fraction of sp³-hybridized carbons (Fsp3) is 0.174. The quantitative estimate of drug-likeness (QED) is 0.400. The highest BCUT2D eigenvalue weighted by Crippen LogP contribution is 2.33. The number of likely N-dealkylation sites (tertiary alicyclic amines) is 1. The Bertz CT molecular complexity index is 975. The zero-order valence-corrected chi connectivity index (χ0v) is 16.7. The number of carbonyl (C=O) groups is 3. The number of benzene rings is 2. The van der Waals surface area contributed by atoms with Crippen LogP contribution in [0.25, 0.3) is 6.08 Å². The maximum atomic E-state index is 12.2. The second kappa shape index (κ2) is 9.09. The highest BCUT2D eigenvalue weighted by molar-refractivity contribution is 6.01. The highest BCUT2D eigenvalue weighted by atomic mass is 16.5. The van der Waals surface area contributed by atoms with E-state index >= 15 is 0 Å². The molecule has 0 radical (unpaired) electrons. The Kier molecular flexibility index (Phi) is 6.32. The number of β-lactam (4-membered cyclic amide) rings is 1. The molecule has 2 unspecified atom stereocenters. The summed E-state index contributed by atoms with van der Waals surface area (Å²) < 4.78 is 9.61. The van der Waals surface area contributed by atoms with Crippen LogP contribution >= 0.6 is 0 Å². The van der Waals surface area contributed by atoms with E-state index in [0.29, 0.717) is 0 Å². The summed E-state index contributed by atoms with van der Waals surface area (Å²) in [5.74, 6) is 0.579. The molecule has 7 nitrogen and oxygen atoms in total. The molecule has 2 amide bonds. The van der Waals surface area contributed by atoms with Crippen LogP contribution in [0.1, 0.15) is 12.5 Å². The normalized spacial score (nSPS) is 18.2. The summed E-state index contributed by atoms with van der Waals surface area (Å²) in [5.41, 5.74) is 0.888. The maximum absolute atomic E-state index is 12.2. The van der Waals surface area contributed by atoms with Crippen LogP contribution in [-0.4, -0.2) is 41.9 Å². The molecule has 0 saturated carbocycles. The number of amides is 2. The Morgan fingerprint density at radius 1 is 1.13 bits per heavy atom. The molecule has 2 bridgehead atoms. The lowest BCUT2D eigenvalue weighted by atomic mass is 9.92. The minimum absolute atomic E-state index is 0.0539. The molecule has 3 aliphatic heterocycles. The van der Waals surface area contributed by atoms with E-state index in [2.05, 4.69) is 16.6 Å². The number of hydrogen-bond donors (Lipinski definition) is 1. The Labute approximate surface area is 174 Å². The van der Waals surface area contributed by atoms with Gasteiger partial charge >= 0.3 is 5.97 Å². The van der Waals surface area contributed by atoms with E-state index < -0.39 is 24.0 Å². The number of ether oxygens (including phenoxy) is 2. The number of nitrogens with zero attached hydrogens (tertiary/aromatic N) is 1. The molecule has 5 rings (SSSR count). The number of methoxy groups -OCH3 is 1. The zero-order valence-electron chi connectivity index (χ0n) is 16.7. The molecule has 3 aliphatic rings. The second-order valence-electron chi connectivity index (χ2n) is 6.66. The number of fused-ring (bicyclic) bond motifs is 2. The summed E-state index contributed by atoms with van der Waals surface area (Å²) in [6.45, 7) is 4.94. The first-order valence-electron chi connectivity index (χ1n) is 9.29. The molecule has 1 saturated heterocycles. The molecule has 2 aromatic carbocycles. The molecule has 0 aliphatic carbocycles. The zero-order chi connectivity index (χ0) is 21.7. The van der Waals surface area contributed by atoms with Gasteiger partial charge in [-0.3, -0.25) is 14.5 Å². The van der Waals surface area contributed by atoms with E-state index in [1.807, 2.05) is 60.7 Å². The van der Waals surface area contributed by atoms with Crippen LogP contribution in [0, 0.1) is 0 Å². The second-order valence-corrected chi connectivity index (χ2v) is 6.66. The van der Waals surface area contributed by atoms with Gasteiger partial charge in [-0.05, 0) is 17.7 Å². The van der Waals surface area contributed by atoms with Gasteiger partial charge < -0.3 is 14.8 Å². The van der Waals surface area contributed by atoms with E-state index in [-0.39, 0.29) is 11.6 Å². The summed E-state index contributed by atoms with van der Waals surface area (Å²) in [4.78, 5) is 36.3. The van der Waals surface area contributed by atoms with Crippen molar-refractivity contribution in [2.75, 3.05) is 7.11 Å². The Balaban J connectivity index is 0.000000302. The monoisotopic (exact) mass is 406 g/mol. The number of nitrogens with one attached hydrogen (secondary N) is 1. The molecule has 3 heterocycles. The van der Waals surface area contributed by atoms with Crippen molar-refractivity contribution in [1.82, 2.24) is 10.2 Å².